The van der Waals surface area contributed by atoms with Gasteiger partial charge in [-0.2, -0.15) is 0 Å². The van der Waals surface area contributed by atoms with Gasteiger partial charge >= 0.3 is 5.97 Å². The summed E-state index contributed by atoms with van der Waals surface area (Å²) >= 11 is 0. The third kappa shape index (κ3) is 3.96. The van der Waals surface area contributed by atoms with Crippen LogP contribution >= 0.6 is 0 Å². The van der Waals surface area contributed by atoms with Crippen molar-refractivity contribution >= 4 is 11.9 Å². The molecule has 1 aliphatic heterocycles. The van der Waals surface area contributed by atoms with Crippen LogP contribution < -0.4 is 0 Å². The molecule has 0 radical (unpaired) electrons. The summed E-state index contributed by atoms with van der Waals surface area (Å²) in [5, 5.41) is 0. The zero-order valence-electron chi connectivity index (χ0n) is 11.3. The van der Waals surface area contributed by atoms with Crippen molar-refractivity contribution in [1.82, 2.24) is 9.80 Å². The Bertz CT molecular complexity index is 296. The molecular weight excluding hydrogens is 236 g/mol. The van der Waals surface area contributed by atoms with E-state index in [4.69, 9.17) is 4.74 Å². The smallest absolute Gasteiger partial charge is 0.306 e. The molecule has 1 rings (SSSR count). The lowest BCUT2D eigenvalue weighted by Crippen LogP contribution is -2.43. The van der Waals surface area contributed by atoms with Gasteiger partial charge in [0.15, 0.2) is 0 Å². The number of hydrogen-bond donors (Lipinski definition) is 0. The molecule has 6 nitrogen and oxygen atoms in total. The zero-order chi connectivity index (χ0) is 13.5. The predicted octanol–water partition coefficient (Wildman–Crippen LogP) is -0.271. The minimum atomic E-state index is -0.254. The molecular formula is C12H22N2O4. The molecule has 0 aliphatic carbocycles. The number of methoxy groups -OCH3 is 2. The molecule has 104 valence electrons. The minimum absolute atomic E-state index is 0.121. The third-order valence-electron chi connectivity index (χ3n) is 3.25. The van der Waals surface area contributed by atoms with Gasteiger partial charge in [0, 0.05) is 33.8 Å². The first kappa shape index (κ1) is 14.9. The number of likely N-dealkylation sites (N-methyl/N-ethyl adjacent to an activating group) is 1. The number of esters is 1. The molecule has 0 N–H and O–H groups in total. The minimum Gasteiger partial charge on any atom is -0.469 e. The van der Waals surface area contributed by atoms with Crippen LogP contribution in [0.2, 0.25) is 0 Å². The summed E-state index contributed by atoms with van der Waals surface area (Å²) in [6, 6.07) is -0.130. The van der Waals surface area contributed by atoms with Crippen LogP contribution in [0.3, 0.4) is 0 Å². The van der Waals surface area contributed by atoms with Gasteiger partial charge in [0.05, 0.1) is 26.2 Å². The second-order valence-corrected chi connectivity index (χ2v) is 4.42. The highest BCUT2D eigenvalue weighted by atomic mass is 16.5. The van der Waals surface area contributed by atoms with Gasteiger partial charge in [-0.05, 0) is 6.42 Å². The lowest BCUT2D eigenvalue weighted by atomic mass is 10.2. The highest BCUT2D eigenvalue weighted by Gasteiger charge is 2.33. The van der Waals surface area contributed by atoms with E-state index in [1.807, 2.05) is 4.90 Å². The molecule has 1 atom stereocenters. The maximum Gasteiger partial charge on any atom is 0.306 e. The highest BCUT2D eigenvalue weighted by molar-refractivity contribution is 5.83. The SMILES string of the molecule is COCCN(CCC(=O)OC)C1CCN(C)C1=O. The van der Waals surface area contributed by atoms with E-state index in [0.717, 1.165) is 13.0 Å². The van der Waals surface area contributed by atoms with Crippen molar-refractivity contribution in [3.63, 3.8) is 0 Å². The number of nitrogens with zero attached hydrogens (tertiary/aromatic N) is 2. The fraction of sp³-hybridized carbons (Fsp3) is 0.833. The van der Waals surface area contributed by atoms with Gasteiger partial charge in [-0.15, -0.1) is 0 Å². The van der Waals surface area contributed by atoms with Gasteiger partial charge in [0.25, 0.3) is 0 Å². The van der Waals surface area contributed by atoms with Gasteiger partial charge < -0.3 is 14.4 Å². The molecule has 1 aliphatic rings. The third-order valence-corrected chi connectivity index (χ3v) is 3.25. The monoisotopic (exact) mass is 258 g/mol. The molecule has 1 heterocycles. The fourth-order valence-corrected chi connectivity index (χ4v) is 2.11. The van der Waals surface area contributed by atoms with E-state index in [1.165, 1.54) is 7.11 Å². The molecule has 0 spiro atoms. The van der Waals surface area contributed by atoms with Crippen molar-refractivity contribution in [3.8, 4) is 0 Å². The van der Waals surface area contributed by atoms with Crippen LogP contribution in [0.15, 0.2) is 0 Å². The standard InChI is InChI=1S/C12H22N2O4/c1-13-6-4-10(12(13)16)14(8-9-17-2)7-5-11(15)18-3/h10H,4-9H2,1-3H3. The van der Waals surface area contributed by atoms with Gasteiger partial charge in [0.2, 0.25) is 5.91 Å². The van der Waals surface area contributed by atoms with Crippen LogP contribution in [0.4, 0.5) is 0 Å². The average Bonchev–Trinajstić information content (AvgIpc) is 2.70. The predicted molar refractivity (Wildman–Crippen MR) is 66.1 cm³/mol. The van der Waals surface area contributed by atoms with Crippen molar-refractivity contribution in [1.29, 1.82) is 0 Å². The Labute approximate surface area is 108 Å². The van der Waals surface area contributed by atoms with Gasteiger partial charge in [-0.3, -0.25) is 14.5 Å². The van der Waals surface area contributed by atoms with Crippen LogP contribution in [0, 0.1) is 0 Å². The number of rotatable bonds is 7. The van der Waals surface area contributed by atoms with E-state index in [2.05, 4.69) is 4.74 Å². The number of likely N-dealkylation sites (tertiary alicyclic amines) is 1. The fourth-order valence-electron chi connectivity index (χ4n) is 2.11. The van der Waals surface area contributed by atoms with E-state index in [9.17, 15) is 9.59 Å². The number of carbonyl (C=O) groups is 2. The van der Waals surface area contributed by atoms with Gasteiger partial charge in [0.1, 0.15) is 0 Å². The molecule has 1 amide bonds. The molecule has 0 aromatic heterocycles. The Morgan fingerprint density at radius 3 is 2.67 bits per heavy atom. The molecule has 0 bridgehead atoms. The lowest BCUT2D eigenvalue weighted by Gasteiger charge is -2.26. The topological polar surface area (TPSA) is 59.1 Å². The summed E-state index contributed by atoms with van der Waals surface area (Å²) in [6.07, 6.45) is 1.11. The van der Waals surface area contributed by atoms with Crippen LogP contribution in [0.5, 0.6) is 0 Å². The summed E-state index contributed by atoms with van der Waals surface area (Å²) in [7, 11) is 4.80. The Balaban J connectivity index is 2.54. The summed E-state index contributed by atoms with van der Waals surface area (Å²) in [6.45, 7) is 2.50. The van der Waals surface area contributed by atoms with Crippen molar-refractivity contribution in [2.45, 2.75) is 18.9 Å². The highest BCUT2D eigenvalue weighted by Crippen LogP contribution is 2.16. The molecule has 0 aromatic rings. The Hall–Kier alpha value is -1.14. The van der Waals surface area contributed by atoms with E-state index in [0.29, 0.717) is 26.1 Å². The van der Waals surface area contributed by atoms with Gasteiger partial charge in [-0.1, -0.05) is 0 Å². The van der Waals surface area contributed by atoms with Crippen LogP contribution in [0.25, 0.3) is 0 Å². The first-order chi connectivity index (χ1) is 8.60. The van der Waals surface area contributed by atoms with Gasteiger partial charge in [-0.25, -0.2) is 0 Å². The molecule has 1 unspecified atom stereocenters. The quantitative estimate of drug-likeness (QED) is 0.588. The lowest BCUT2D eigenvalue weighted by molar-refractivity contribution is -0.142. The summed E-state index contributed by atoms with van der Waals surface area (Å²) in [5.41, 5.74) is 0. The van der Waals surface area contributed by atoms with Crippen LogP contribution in [-0.4, -0.2) is 75.2 Å². The second kappa shape index (κ2) is 7.33. The Kier molecular flexibility index (Phi) is 6.07. The Morgan fingerprint density at radius 2 is 2.17 bits per heavy atom. The second-order valence-electron chi connectivity index (χ2n) is 4.42. The maximum absolute atomic E-state index is 12.0. The molecule has 1 saturated heterocycles. The normalized spacial score (nSPS) is 19.7. The van der Waals surface area contributed by atoms with Crippen molar-refractivity contribution in [3.05, 3.63) is 0 Å². The summed E-state index contributed by atoms with van der Waals surface area (Å²) < 4.78 is 9.67. The van der Waals surface area contributed by atoms with E-state index in [-0.39, 0.29) is 17.9 Å². The summed E-state index contributed by atoms with van der Waals surface area (Å²) in [4.78, 5) is 26.9. The Morgan fingerprint density at radius 1 is 1.44 bits per heavy atom. The zero-order valence-corrected chi connectivity index (χ0v) is 11.3. The first-order valence-electron chi connectivity index (χ1n) is 6.15. The molecule has 1 fully saturated rings. The van der Waals surface area contributed by atoms with Crippen molar-refractivity contribution < 1.29 is 19.1 Å². The molecule has 6 heteroatoms. The summed E-state index contributed by atoms with van der Waals surface area (Å²) in [5.74, 6) is -0.132. The van der Waals surface area contributed by atoms with Crippen molar-refractivity contribution in [2.75, 3.05) is 47.5 Å². The number of amides is 1. The van der Waals surface area contributed by atoms with E-state index in [1.54, 1.807) is 19.1 Å². The number of ether oxygens (including phenoxy) is 2. The van der Waals surface area contributed by atoms with Crippen LogP contribution in [-0.2, 0) is 19.1 Å². The van der Waals surface area contributed by atoms with E-state index < -0.39 is 0 Å². The molecule has 18 heavy (non-hydrogen) atoms. The van der Waals surface area contributed by atoms with Crippen LogP contribution in [0.1, 0.15) is 12.8 Å². The first-order valence-corrected chi connectivity index (χ1v) is 6.15. The molecule has 0 aromatic carbocycles. The largest absolute Gasteiger partial charge is 0.469 e. The molecule has 0 saturated carbocycles. The van der Waals surface area contributed by atoms with E-state index >= 15 is 0 Å². The number of hydrogen-bond acceptors (Lipinski definition) is 5. The number of carbonyl (C=O) groups excluding carboxylic acids is 2. The average molecular weight is 258 g/mol. The van der Waals surface area contributed by atoms with Crippen molar-refractivity contribution in [2.24, 2.45) is 0 Å². The maximum atomic E-state index is 12.0.